The monoisotopic (exact) mass is 375 g/mol. The molecule has 0 spiro atoms. The third-order valence-electron chi connectivity index (χ3n) is 5.46. The van der Waals surface area contributed by atoms with Crippen LogP contribution in [0.5, 0.6) is 0 Å². The van der Waals surface area contributed by atoms with Crippen LogP contribution in [0.1, 0.15) is 16.8 Å². The number of fused-ring (bicyclic) bond motifs is 2. The second kappa shape index (κ2) is 6.57. The summed E-state index contributed by atoms with van der Waals surface area (Å²) in [5.41, 5.74) is 5.72. The predicted molar refractivity (Wildman–Crippen MR) is 114 cm³/mol. The summed E-state index contributed by atoms with van der Waals surface area (Å²) < 4.78 is 4.08. The van der Waals surface area contributed by atoms with Gasteiger partial charge in [0.1, 0.15) is 0 Å². The highest BCUT2D eigenvalue weighted by Gasteiger charge is 2.20. The fourth-order valence-electron chi connectivity index (χ4n) is 3.94. The van der Waals surface area contributed by atoms with Crippen molar-refractivity contribution in [1.29, 1.82) is 5.26 Å². The molecule has 4 heteroatoms. The van der Waals surface area contributed by atoms with Crippen LogP contribution in [-0.2, 0) is 0 Å². The van der Waals surface area contributed by atoms with E-state index in [9.17, 15) is 5.26 Å². The van der Waals surface area contributed by atoms with E-state index in [-0.39, 0.29) is 0 Å². The van der Waals surface area contributed by atoms with Gasteiger partial charge in [-0.3, -0.25) is 0 Å². The lowest BCUT2D eigenvalue weighted by Crippen LogP contribution is -2.35. The van der Waals surface area contributed by atoms with Crippen molar-refractivity contribution in [2.45, 2.75) is 13.8 Å². The summed E-state index contributed by atoms with van der Waals surface area (Å²) in [7, 11) is 0. The Hall–Kier alpha value is -3.97. The van der Waals surface area contributed by atoms with Gasteiger partial charge in [-0.1, -0.05) is 36.4 Å². The zero-order valence-electron chi connectivity index (χ0n) is 16.3. The third kappa shape index (κ3) is 2.76. The highest BCUT2D eigenvalue weighted by atomic mass is 15.3. The highest BCUT2D eigenvalue weighted by molar-refractivity contribution is 5.82. The number of aromatic nitrogens is 3. The quantitative estimate of drug-likeness (QED) is 0.410. The zero-order valence-corrected chi connectivity index (χ0v) is 16.3. The van der Waals surface area contributed by atoms with Crippen LogP contribution >= 0.6 is 0 Å². The molecule has 0 saturated heterocycles. The lowest BCUT2D eigenvalue weighted by Gasteiger charge is -2.11. The average Bonchev–Trinajstić information content (AvgIpc) is 3.17. The first-order valence-corrected chi connectivity index (χ1v) is 9.55. The van der Waals surface area contributed by atoms with Crippen LogP contribution in [0.4, 0.5) is 0 Å². The summed E-state index contributed by atoms with van der Waals surface area (Å²) in [5, 5.41) is 17.7. The molecule has 5 rings (SSSR count). The van der Waals surface area contributed by atoms with E-state index in [4.69, 9.17) is 0 Å². The minimum atomic E-state index is 0.611. The number of nitriles is 1. The van der Waals surface area contributed by atoms with Crippen LogP contribution in [0.25, 0.3) is 33.1 Å². The molecule has 5 aromatic rings. The fraction of sp³-hybridized carbons (Fsp3) is 0.0800. The molecule has 0 fully saturated rings. The van der Waals surface area contributed by atoms with E-state index >= 15 is 0 Å². The summed E-state index contributed by atoms with van der Waals surface area (Å²) in [6, 6.07) is 24.8. The molecule has 3 aromatic carbocycles. The minimum Gasteiger partial charge on any atom is -0.233 e. The summed E-state index contributed by atoms with van der Waals surface area (Å²) in [5.74, 6) is 0. The minimum absolute atomic E-state index is 0.611. The Labute approximate surface area is 168 Å². The number of para-hydroxylation sites is 1. The molecule has 0 aliphatic carbocycles. The Bertz CT molecular complexity index is 1440. The van der Waals surface area contributed by atoms with Gasteiger partial charge in [-0.25, -0.2) is 4.68 Å². The van der Waals surface area contributed by atoms with Gasteiger partial charge in [0.15, 0.2) is 11.9 Å². The molecular formula is C25H19N4+. The van der Waals surface area contributed by atoms with Gasteiger partial charge in [-0.2, -0.15) is 14.9 Å². The number of pyridine rings is 1. The topological polar surface area (TPSA) is 45.5 Å². The molecule has 0 atom stereocenters. The van der Waals surface area contributed by atoms with Crippen LogP contribution in [0.2, 0.25) is 0 Å². The van der Waals surface area contributed by atoms with Gasteiger partial charge in [0.2, 0.25) is 5.69 Å². The van der Waals surface area contributed by atoms with Gasteiger partial charge in [0.05, 0.1) is 29.0 Å². The van der Waals surface area contributed by atoms with Gasteiger partial charge in [-0.05, 0) is 30.5 Å². The molecule has 0 radical (unpaired) electrons. The molecule has 0 saturated carbocycles. The van der Waals surface area contributed by atoms with E-state index in [2.05, 4.69) is 66.1 Å². The molecule has 0 unspecified atom stereocenters. The zero-order chi connectivity index (χ0) is 20.0. The molecule has 2 heterocycles. The number of aryl methyl sites for hydroxylation is 1. The molecule has 0 N–H and O–H groups in total. The number of hydrogen-bond acceptors (Lipinski definition) is 2. The largest absolute Gasteiger partial charge is 0.233 e. The van der Waals surface area contributed by atoms with Crippen LogP contribution in [-0.4, -0.2) is 9.78 Å². The highest BCUT2D eigenvalue weighted by Crippen LogP contribution is 2.25. The van der Waals surface area contributed by atoms with Crippen molar-refractivity contribution in [2.24, 2.45) is 0 Å². The molecule has 29 heavy (non-hydrogen) atoms. The van der Waals surface area contributed by atoms with Gasteiger partial charge in [0.25, 0.3) is 0 Å². The predicted octanol–water partition coefficient (Wildman–Crippen LogP) is 4.94. The Kier molecular flexibility index (Phi) is 3.89. The van der Waals surface area contributed by atoms with Crippen LogP contribution in [0, 0.1) is 25.2 Å². The van der Waals surface area contributed by atoms with Crippen LogP contribution in [0.15, 0.2) is 79.1 Å². The number of rotatable bonds is 2. The van der Waals surface area contributed by atoms with Crippen LogP contribution < -0.4 is 4.57 Å². The third-order valence-corrected chi connectivity index (χ3v) is 5.46. The van der Waals surface area contributed by atoms with E-state index in [0.29, 0.717) is 5.56 Å². The van der Waals surface area contributed by atoms with E-state index < -0.39 is 0 Å². The second-order valence-corrected chi connectivity index (χ2v) is 7.28. The molecule has 4 nitrogen and oxygen atoms in total. The Morgan fingerprint density at radius 1 is 0.897 bits per heavy atom. The second-order valence-electron chi connectivity index (χ2n) is 7.28. The number of hydrogen-bond donors (Lipinski definition) is 0. The first-order valence-electron chi connectivity index (χ1n) is 9.55. The van der Waals surface area contributed by atoms with Crippen molar-refractivity contribution in [3.63, 3.8) is 0 Å². The van der Waals surface area contributed by atoms with Crippen molar-refractivity contribution in [3.05, 3.63) is 95.9 Å². The Morgan fingerprint density at radius 3 is 2.41 bits per heavy atom. The van der Waals surface area contributed by atoms with Crippen molar-refractivity contribution < 1.29 is 4.57 Å². The van der Waals surface area contributed by atoms with Gasteiger partial charge in [0, 0.05) is 35.4 Å². The van der Waals surface area contributed by atoms with Crippen molar-refractivity contribution in [3.8, 4) is 17.4 Å². The fourth-order valence-corrected chi connectivity index (χ4v) is 3.94. The molecule has 0 amide bonds. The molecular weight excluding hydrogens is 356 g/mol. The molecule has 2 aromatic heterocycles. The Morgan fingerprint density at radius 2 is 1.62 bits per heavy atom. The molecule has 0 aliphatic rings. The Balaban J connectivity index is 1.80. The van der Waals surface area contributed by atoms with Gasteiger partial charge in [-0.15, -0.1) is 0 Å². The van der Waals surface area contributed by atoms with E-state index in [1.54, 1.807) is 0 Å². The maximum absolute atomic E-state index is 9.69. The molecule has 138 valence electrons. The first kappa shape index (κ1) is 17.2. The molecule has 0 bridgehead atoms. The maximum Gasteiger partial charge on any atom is 0.217 e. The summed E-state index contributed by atoms with van der Waals surface area (Å²) >= 11 is 0. The number of benzene rings is 3. The maximum atomic E-state index is 9.69. The number of nitrogens with zero attached hydrogens (tertiary/aromatic N) is 4. The van der Waals surface area contributed by atoms with E-state index in [0.717, 1.165) is 38.9 Å². The standard InChI is InChI=1S/C25H19N4/c1-17-11-20-7-3-4-9-22(20)16-28(17)24-12-19(14-26)13-25(18(24)2)29-23-10-6-5-8-21(23)15-27-29/h3-13,15-16H,1-2H3/q+1. The van der Waals surface area contributed by atoms with Gasteiger partial charge < -0.3 is 0 Å². The normalized spacial score (nSPS) is 11.1. The average molecular weight is 375 g/mol. The van der Waals surface area contributed by atoms with Crippen molar-refractivity contribution in [2.75, 3.05) is 0 Å². The lowest BCUT2D eigenvalue weighted by atomic mass is 10.1. The summed E-state index contributed by atoms with van der Waals surface area (Å²) in [6.45, 7) is 4.18. The molecule has 0 aliphatic heterocycles. The van der Waals surface area contributed by atoms with E-state index in [1.165, 1.54) is 5.39 Å². The van der Waals surface area contributed by atoms with E-state index in [1.807, 2.05) is 47.3 Å². The SMILES string of the molecule is Cc1c(-n2ncc3ccccc32)cc(C#N)cc1-[n+]1cc2ccccc2cc1C. The smallest absolute Gasteiger partial charge is 0.217 e. The van der Waals surface area contributed by atoms with Crippen molar-refractivity contribution >= 4 is 21.7 Å². The lowest BCUT2D eigenvalue weighted by molar-refractivity contribution is -0.601. The van der Waals surface area contributed by atoms with Gasteiger partial charge >= 0.3 is 0 Å². The first-order chi connectivity index (χ1) is 14.2. The van der Waals surface area contributed by atoms with Crippen molar-refractivity contribution in [1.82, 2.24) is 9.78 Å². The summed E-state index contributed by atoms with van der Waals surface area (Å²) in [6.07, 6.45) is 4.00. The van der Waals surface area contributed by atoms with Crippen LogP contribution in [0.3, 0.4) is 0 Å². The summed E-state index contributed by atoms with van der Waals surface area (Å²) in [4.78, 5) is 0.